The summed E-state index contributed by atoms with van der Waals surface area (Å²) in [6.07, 6.45) is 1.52. The highest BCUT2D eigenvalue weighted by Gasteiger charge is 2.22. The van der Waals surface area contributed by atoms with Crippen molar-refractivity contribution in [3.63, 3.8) is 0 Å². The predicted octanol–water partition coefficient (Wildman–Crippen LogP) is 1.48. The number of carbonyl (C=O) groups is 2. The lowest BCUT2D eigenvalue weighted by Gasteiger charge is -2.14. The molecule has 1 aromatic heterocycles. The Kier molecular flexibility index (Phi) is 6.33. The van der Waals surface area contributed by atoms with Gasteiger partial charge >= 0.3 is 5.97 Å². The fourth-order valence-electron chi connectivity index (χ4n) is 1.51. The van der Waals surface area contributed by atoms with Gasteiger partial charge in [-0.2, -0.15) is 0 Å². The normalized spacial score (nSPS) is 11.9. The number of rotatable bonds is 7. The van der Waals surface area contributed by atoms with Crippen LogP contribution < -0.4 is 5.32 Å². The van der Waals surface area contributed by atoms with Gasteiger partial charge in [0.25, 0.3) is 5.91 Å². The lowest BCUT2D eigenvalue weighted by atomic mass is 10.1. The molecule has 6 nitrogen and oxygen atoms in total. The fourth-order valence-corrected chi connectivity index (χ4v) is 1.70. The smallest absolute Gasteiger partial charge is 0.326 e. The van der Waals surface area contributed by atoms with Gasteiger partial charge in [0.15, 0.2) is 0 Å². The summed E-state index contributed by atoms with van der Waals surface area (Å²) in [4.78, 5) is 26.4. The van der Waals surface area contributed by atoms with Crippen LogP contribution in [0.15, 0.2) is 12.3 Å². The Labute approximate surface area is 119 Å². The summed E-state index contributed by atoms with van der Waals surface area (Å²) in [5, 5.41) is 11.1. The Balaban J connectivity index is 2.75. The van der Waals surface area contributed by atoms with Crippen molar-refractivity contribution in [2.75, 3.05) is 13.7 Å². The average Bonchev–Trinajstić information content (AvgIpc) is 2.40. The summed E-state index contributed by atoms with van der Waals surface area (Å²) in [5.74, 6) is -2.70. The molecule has 0 aromatic carbocycles. The van der Waals surface area contributed by atoms with Gasteiger partial charge in [-0.15, -0.1) is 0 Å². The number of carbonyl (C=O) groups excluding carboxylic acids is 1. The molecule has 1 heterocycles. The molecule has 0 aliphatic carbocycles. The fraction of sp³-hybridized carbons (Fsp3) is 0.417. The first kappa shape index (κ1) is 16.3. The molecule has 1 amide bonds. The quantitative estimate of drug-likeness (QED) is 0.588. The number of carboxylic acid groups (broad SMARTS) is 1. The van der Waals surface area contributed by atoms with Gasteiger partial charge in [-0.3, -0.25) is 4.79 Å². The Bertz CT molecular complexity index is 498. The minimum atomic E-state index is -1.19. The van der Waals surface area contributed by atoms with Crippen LogP contribution in [0.4, 0.5) is 4.39 Å². The number of halogens is 2. The highest BCUT2D eigenvalue weighted by atomic mass is 35.5. The molecule has 1 atom stereocenters. The van der Waals surface area contributed by atoms with Crippen LogP contribution in [-0.2, 0) is 9.53 Å². The van der Waals surface area contributed by atoms with E-state index in [2.05, 4.69) is 10.3 Å². The van der Waals surface area contributed by atoms with Crippen molar-refractivity contribution in [2.24, 2.45) is 0 Å². The van der Waals surface area contributed by atoms with Crippen LogP contribution in [0.1, 0.15) is 23.2 Å². The van der Waals surface area contributed by atoms with Crippen molar-refractivity contribution in [2.45, 2.75) is 18.9 Å². The number of pyridine rings is 1. The molecule has 1 unspecified atom stereocenters. The lowest BCUT2D eigenvalue weighted by molar-refractivity contribution is -0.139. The first-order valence-electron chi connectivity index (χ1n) is 5.79. The van der Waals surface area contributed by atoms with Gasteiger partial charge in [0, 0.05) is 13.7 Å². The molecule has 8 heteroatoms. The first-order valence-corrected chi connectivity index (χ1v) is 6.17. The van der Waals surface area contributed by atoms with E-state index in [4.69, 9.17) is 21.4 Å². The third-order valence-electron chi connectivity index (χ3n) is 2.50. The van der Waals surface area contributed by atoms with E-state index in [9.17, 15) is 14.0 Å². The third kappa shape index (κ3) is 4.75. The molecule has 0 bridgehead atoms. The van der Waals surface area contributed by atoms with Crippen LogP contribution in [-0.4, -0.2) is 41.7 Å². The highest BCUT2D eigenvalue weighted by Crippen LogP contribution is 2.14. The van der Waals surface area contributed by atoms with E-state index in [-0.39, 0.29) is 17.1 Å². The largest absolute Gasteiger partial charge is 0.480 e. The summed E-state index contributed by atoms with van der Waals surface area (Å²) in [6, 6.07) is -0.198. The Hall–Kier alpha value is -1.73. The average molecular weight is 305 g/mol. The molecule has 0 radical (unpaired) electrons. The van der Waals surface area contributed by atoms with E-state index in [1.165, 1.54) is 7.11 Å². The second-order valence-corrected chi connectivity index (χ2v) is 4.35. The van der Waals surface area contributed by atoms with Gasteiger partial charge in [-0.1, -0.05) is 11.6 Å². The molecule has 1 aromatic rings. The van der Waals surface area contributed by atoms with Gasteiger partial charge in [0.1, 0.15) is 17.0 Å². The minimum Gasteiger partial charge on any atom is -0.480 e. The summed E-state index contributed by atoms with van der Waals surface area (Å²) < 4.78 is 17.8. The molecule has 1 rings (SSSR count). The number of methoxy groups -OCH3 is 1. The monoisotopic (exact) mass is 304 g/mol. The third-order valence-corrected chi connectivity index (χ3v) is 2.80. The number of hydrogen-bond donors (Lipinski definition) is 2. The van der Waals surface area contributed by atoms with Gasteiger partial charge in [-0.05, 0) is 18.9 Å². The molecule has 20 heavy (non-hydrogen) atoms. The molecule has 0 saturated heterocycles. The maximum Gasteiger partial charge on any atom is 0.326 e. The number of aromatic nitrogens is 1. The Morgan fingerprint density at radius 2 is 2.30 bits per heavy atom. The molecule has 0 aliphatic heterocycles. The number of carboxylic acids is 1. The zero-order valence-corrected chi connectivity index (χ0v) is 11.5. The molecular weight excluding hydrogens is 291 g/mol. The number of aliphatic carboxylic acids is 1. The predicted molar refractivity (Wildman–Crippen MR) is 69.2 cm³/mol. The number of ether oxygens (including phenoxy) is 1. The van der Waals surface area contributed by atoms with Crippen molar-refractivity contribution in [1.29, 1.82) is 0 Å². The minimum absolute atomic E-state index is 0.190. The van der Waals surface area contributed by atoms with Gasteiger partial charge in [-0.25, -0.2) is 14.2 Å². The van der Waals surface area contributed by atoms with E-state index in [1.54, 1.807) is 0 Å². The first-order chi connectivity index (χ1) is 9.45. The number of amides is 1. The van der Waals surface area contributed by atoms with Crippen LogP contribution in [0.5, 0.6) is 0 Å². The molecule has 0 fully saturated rings. The molecule has 0 spiro atoms. The van der Waals surface area contributed by atoms with Crippen LogP contribution in [0.2, 0.25) is 5.15 Å². The van der Waals surface area contributed by atoms with Crippen LogP contribution in [0, 0.1) is 5.82 Å². The summed E-state index contributed by atoms with van der Waals surface area (Å²) in [6.45, 7) is 0.377. The standard InChI is InChI=1S/C12H14ClFN2O4/c1-20-4-2-3-9(12(18)19)16-11(17)8-5-7(14)6-15-10(8)13/h5-6,9H,2-4H2,1H3,(H,16,17)(H,18,19). The molecule has 0 saturated carbocycles. The number of hydrogen-bond acceptors (Lipinski definition) is 4. The van der Waals surface area contributed by atoms with Gasteiger partial charge in [0.05, 0.1) is 11.8 Å². The molecule has 2 N–H and O–H groups in total. The summed E-state index contributed by atoms with van der Waals surface area (Å²) >= 11 is 5.67. The van der Waals surface area contributed by atoms with Crippen molar-refractivity contribution in [1.82, 2.24) is 10.3 Å². The Morgan fingerprint density at radius 3 is 2.90 bits per heavy atom. The highest BCUT2D eigenvalue weighted by molar-refractivity contribution is 6.32. The summed E-state index contributed by atoms with van der Waals surface area (Å²) in [7, 11) is 1.49. The second-order valence-electron chi connectivity index (χ2n) is 3.99. The van der Waals surface area contributed by atoms with Crippen LogP contribution in [0.3, 0.4) is 0 Å². The van der Waals surface area contributed by atoms with Crippen molar-refractivity contribution < 1.29 is 23.8 Å². The SMILES string of the molecule is COCCCC(NC(=O)c1cc(F)cnc1Cl)C(=O)O. The van der Waals surface area contributed by atoms with Crippen molar-refractivity contribution >= 4 is 23.5 Å². The second kappa shape index (κ2) is 7.76. The van der Waals surface area contributed by atoms with E-state index in [0.717, 1.165) is 12.3 Å². The molecule has 0 aliphatic rings. The zero-order valence-electron chi connectivity index (χ0n) is 10.7. The lowest BCUT2D eigenvalue weighted by Crippen LogP contribution is -2.41. The molecular formula is C12H14ClFN2O4. The van der Waals surface area contributed by atoms with E-state index >= 15 is 0 Å². The number of nitrogens with zero attached hydrogens (tertiary/aromatic N) is 1. The van der Waals surface area contributed by atoms with E-state index in [1.807, 2.05) is 0 Å². The Morgan fingerprint density at radius 1 is 1.60 bits per heavy atom. The van der Waals surface area contributed by atoms with Crippen LogP contribution in [0.25, 0.3) is 0 Å². The maximum atomic E-state index is 13.0. The van der Waals surface area contributed by atoms with E-state index in [0.29, 0.717) is 13.0 Å². The molecule has 110 valence electrons. The topological polar surface area (TPSA) is 88.5 Å². The van der Waals surface area contributed by atoms with Gasteiger partial charge < -0.3 is 15.2 Å². The zero-order chi connectivity index (χ0) is 15.1. The van der Waals surface area contributed by atoms with Crippen LogP contribution >= 0.6 is 11.6 Å². The van der Waals surface area contributed by atoms with Crippen molar-refractivity contribution in [3.05, 3.63) is 28.8 Å². The summed E-state index contributed by atoms with van der Waals surface area (Å²) in [5.41, 5.74) is -0.204. The van der Waals surface area contributed by atoms with E-state index < -0.39 is 23.7 Å². The van der Waals surface area contributed by atoms with Crippen molar-refractivity contribution in [3.8, 4) is 0 Å². The van der Waals surface area contributed by atoms with Gasteiger partial charge in [0.2, 0.25) is 0 Å². The maximum absolute atomic E-state index is 13.0. The number of nitrogens with one attached hydrogen (secondary N) is 1.